The van der Waals surface area contributed by atoms with Crippen LogP contribution in [0.1, 0.15) is 58.1 Å². The van der Waals surface area contributed by atoms with Crippen molar-refractivity contribution in [1.29, 1.82) is 0 Å². The predicted molar refractivity (Wildman–Crippen MR) is 98.4 cm³/mol. The van der Waals surface area contributed by atoms with Crippen molar-refractivity contribution in [3.05, 3.63) is 28.1 Å². The quantitative estimate of drug-likeness (QED) is 0.675. The molecule has 1 aliphatic carbocycles. The van der Waals surface area contributed by atoms with E-state index in [1.807, 2.05) is 26.8 Å². The fraction of sp³-hybridized carbons (Fsp3) is 0.556. The van der Waals surface area contributed by atoms with Crippen LogP contribution in [0, 0.1) is 0 Å². The summed E-state index contributed by atoms with van der Waals surface area (Å²) < 4.78 is 11.3. The summed E-state index contributed by atoms with van der Waals surface area (Å²) in [5.74, 6) is 0.831. The Balaban J connectivity index is 1.83. The van der Waals surface area contributed by atoms with Crippen LogP contribution in [0.5, 0.6) is 0 Å². The normalized spacial score (nSPS) is 21.3. The molecule has 25 heavy (non-hydrogen) atoms. The lowest BCUT2D eigenvalue weighted by atomic mass is 9.83. The Morgan fingerprint density at radius 2 is 2.00 bits per heavy atom. The Labute approximate surface area is 157 Å². The van der Waals surface area contributed by atoms with Gasteiger partial charge in [0.05, 0.1) is 5.02 Å². The summed E-state index contributed by atoms with van der Waals surface area (Å²) >= 11 is 12.2. The maximum Gasteiger partial charge on any atom is 0.407 e. The first-order valence-electron chi connectivity index (χ1n) is 8.48. The molecule has 7 heteroatoms. The number of carbonyl (C=O) groups is 1. The van der Waals surface area contributed by atoms with E-state index in [-0.39, 0.29) is 12.0 Å². The van der Waals surface area contributed by atoms with Gasteiger partial charge in [0, 0.05) is 18.0 Å². The van der Waals surface area contributed by atoms with Gasteiger partial charge in [-0.2, -0.15) is 0 Å². The SMILES string of the molecule is CC(C)(C)OC(=O)N[C@H]1CCCC[C@H]1c1cc2nc(Cl)cc(Cl)c2o1. The van der Waals surface area contributed by atoms with Crippen LogP contribution >= 0.6 is 23.2 Å². The molecule has 1 N–H and O–H groups in total. The van der Waals surface area contributed by atoms with E-state index in [9.17, 15) is 4.79 Å². The van der Waals surface area contributed by atoms with E-state index in [1.54, 1.807) is 6.07 Å². The number of halogens is 2. The van der Waals surface area contributed by atoms with Gasteiger partial charge < -0.3 is 14.5 Å². The first-order valence-corrected chi connectivity index (χ1v) is 9.23. The van der Waals surface area contributed by atoms with Crippen molar-refractivity contribution in [2.75, 3.05) is 0 Å². The van der Waals surface area contributed by atoms with E-state index in [0.717, 1.165) is 31.4 Å². The van der Waals surface area contributed by atoms with E-state index in [2.05, 4.69) is 10.3 Å². The van der Waals surface area contributed by atoms with Crippen LogP contribution in [0.3, 0.4) is 0 Å². The molecule has 136 valence electrons. The highest BCUT2D eigenvalue weighted by molar-refractivity contribution is 6.37. The van der Waals surface area contributed by atoms with Gasteiger partial charge in [-0.3, -0.25) is 0 Å². The molecule has 0 unspecified atom stereocenters. The molecule has 1 saturated carbocycles. The summed E-state index contributed by atoms with van der Waals surface area (Å²) in [7, 11) is 0. The standard InChI is InChI=1S/C18H22Cl2N2O3/c1-18(2,3)25-17(23)22-12-7-5-4-6-10(12)14-9-13-16(24-14)11(19)8-15(20)21-13/h8-10,12H,4-7H2,1-3H3,(H,22,23)/t10-,12+/m1/s1. The number of carbonyl (C=O) groups excluding carboxylic acids is 1. The number of aromatic nitrogens is 1. The third-order valence-corrected chi connectivity index (χ3v) is 4.73. The first-order chi connectivity index (χ1) is 11.7. The van der Waals surface area contributed by atoms with E-state index < -0.39 is 11.7 Å². The molecule has 1 fully saturated rings. The third kappa shape index (κ3) is 4.39. The van der Waals surface area contributed by atoms with Crippen molar-refractivity contribution in [1.82, 2.24) is 10.3 Å². The highest BCUT2D eigenvalue weighted by Gasteiger charge is 2.32. The average Bonchev–Trinajstić information content (AvgIpc) is 2.89. The van der Waals surface area contributed by atoms with Gasteiger partial charge in [-0.15, -0.1) is 0 Å². The van der Waals surface area contributed by atoms with Crippen LogP contribution in [0.2, 0.25) is 10.2 Å². The molecule has 2 heterocycles. The number of fused-ring (bicyclic) bond motifs is 1. The smallest absolute Gasteiger partial charge is 0.407 e. The maximum absolute atomic E-state index is 12.2. The van der Waals surface area contributed by atoms with E-state index >= 15 is 0 Å². The number of amides is 1. The summed E-state index contributed by atoms with van der Waals surface area (Å²) in [6.45, 7) is 5.55. The minimum absolute atomic E-state index is 0.0431. The Bertz CT molecular complexity index is 782. The molecule has 5 nitrogen and oxygen atoms in total. The zero-order valence-electron chi connectivity index (χ0n) is 14.6. The second-order valence-corrected chi connectivity index (χ2v) is 8.23. The Hall–Kier alpha value is -1.46. The van der Waals surface area contributed by atoms with Crippen LogP contribution in [-0.4, -0.2) is 22.7 Å². The van der Waals surface area contributed by atoms with Crippen molar-refractivity contribution in [2.24, 2.45) is 0 Å². The lowest BCUT2D eigenvalue weighted by Gasteiger charge is -2.31. The largest absolute Gasteiger partial charge is 0.457 e. The number of rotatable bonds is 2. The molecule has 1 aliphatic rings. The molecule has 0 radical (unpaired) electrons. The van der Waals surface area contributed by atoms with Gasteiger partial charge in [0.25, 0.3) is 0 Å². The highest BCUT2D eigenvalue weighted by Crippen LogP contribution is 2.37. The number of nitrogens with one attached hydrogen (secondary N) is 1. The van der Waals surface area contributed by atoms with Crippen LogP contribution < -0.4 is 5.32 Å². The molecule has 2 atom stereocenters. The fourth-order valence-corrected chi connectivity index (χ4v) is 3.75. The molecular weight excluding hydrogens is 363 g/mol. The molecule has 3 rings (SSSR count). The molecule has 2 aromatic heterocycles. The van der Waals surface area contributed by atoms with E-state index in [0.29, 0.717) is 21.3 Å². The second kappa shape index (κ2) is 7.04. The van der Waals surface area contributed by atoms with E-state index in [1.165, 1.54) is 0 Å². The van der Waals surface area contributed by atoms with Gasteiger partial charge in [0.15, 0.2) is 5.58 Å². The van der Waals surface area contributed by atoms with Crippen molar-refractivity contribution in [3.8, 4) is 0 Å². The highest BCUT2D eigenvalue weighted by atomic mass is 35.5. The number of hydrogen-bond donors (Lipinski definition) is 1. The molecule has 0 aliphatic heterocycles. The summed E-state index contributed by atoms with van der Waals surface area (Å²) in [6, 6.07) is 3.39. The number of pyridine rings is 1. The molecule has 0 aromatic carbocycles. The zero-order valence-corrected chi connectivity index (χ0v) is 16.1. The van der Waals surface area contributed by atoms with Gasteiger partial charge in [-0.1, -0.05) is 36.0 Å². The maximum atomic E-state index is 12.2. The van der Waals surface area contributed by atoms with Crippen molar-refractivity contribution in [2.45, 2.75) is 64.0 Å². The molecule has 0 bridgehead atoms. The number of hydrogen-bond acceptors (Lipinski definition) is 4. The lowest BCUT2D eigenvalue weighted by molar-refractivity contribution is 0.0482. The van der Waals surface area contributed by atoms with Gasteiger partial charge in [0.1, 0.15) is 22.0 Å². The Morgan fingerprint density at radius 1 is 1.28 bits per heavy atom. The summed E-state index contributed by atoms with van der Waals surface area (Å²) in [4.78, 5) is 16.4. The van der Waals surface area contributed by atoms with Gasteiger partial charge in [-0.05, 0) is 39.7 Å². The van der Waals surface area contributed by atoms with Crippen LogP contribution in [0.25, 0.3) is 11.1 Å². The predicted octanol–water partition coefficient (Wildman–Crippen LogP) is 5.69. The third-order valence-electron chi connectivity index (χ3n) is 4.26. The Kier molecular flexibility index (Phi) is 5.16. The van der Waals surface area contributed by atoms with Crippen LogP contribution in [-0.2, 0) is 4.74 Å². The van der Waals surface area contributed by atoms with Crippen LogP contribution in [0.4, 0.5) is 4.79 Å². The summed E-state index contributed by atoms with van der Waals surface area (Å²) in [6.07, 6.45) is 3.53. The lowest BCUT2D eigenvalue weighted by Crippen LogP contribution is -2.43. The number of alkyl carbamates (subject to hydrolysis) is 1. The molecular formula is C18H22Cl2N2O3. The molecule has 0 saturated heterocycles. The Morgan fingerprint density at radius 3 is 2.72 bits per heavy atom. The average molecular weight is 385 g/mol. The molecule has 2 aromatic rings. The minimum atomic E-state index is -0.526. The zero-order chi connectivity index (χ0) is 18.2. The van der Waals surface area contributed by atoms with Gasteiger partial charge >= 0.3 is 6.09 Å². The van der Waals surface area contributed by atoms with Crippen molar-refractivity contribution < 1.29 is 13.9 Å². The molecule has 1 amide bonds. The van der Waals surface area contributed by atoms with Gasteiger partial charge in [-0.25, -0.2) is 9.78 Å². The summed E-state index contributed by atoms with van der Waals surface area (Å²) in [5, 5.41) is 3.76. The van der Waals surface area contributed by atoms with Gasteiger partial charge in [0.2, 0.25) is 0 Å². The second-order valence-electron chi connectivity index (χ2n) is 7.43. The first kappa shape index (κ1) is 18.3. The number of furan rings is 1. The van der Waals surface area contributed by atoms with Crippen LogP contribution in [0.15, 0.2) is 16.5 Å². The van der Waals surface area contributed by atoms with Crippen molar-refractivity contribution in [3.63, 3.8) is 0 Å². The van der Waals surface area contributed by atoms with E-state index in [4.69, 9.17) is 32.4 Å². The number of nitrogens with zero attached hydrogens (tertiary/aromatic N) is 1. The van der Waals surface area contributed by atoms with Crippen molar-refractivity contribution >= 4 is 40.4 Å². The molecule has 0 spiro atoms. The fourth-order valence-electron chi connectivity index (χ4n) is 3.26. The minimum Gasteiger partial charge on any atom is -0.457 e. The monoisotopic (exact) mass is 384 g/mol. The topological polar surface area (TPSA) is 64.4 Å². The summed E-state index contributed by atoms with van der Waals surface area (Å²) in [5.41, 5.74) is 0.638. The number of ether oxygens (including phenoxy) is 1.